The largest absolute Gasteiger partial charge is 0.488 e. The molecule has 0 aliphatic carbocycles. The lowest BCUT2D eigenvalue weighted by Gasteiger charge is -2.18. The quantitative estimate of drug-likeness (QED) is 0.723. The van der Waals surface area contributed by atoms with Crippen molar-refractivity contribution in [3.63, 3.8) is 0 Å². The number of nitrogen functional groups attached to an aromatic ring is 1. The molecule has 1 atom stereocenters. The molecule has 0 saturated heterocycles. The minimum atomic E-state index is 0.301. The third kappa shape index (κ3) is 3.82. The fraction of sp³-hybridized carbons (Fsp3) is 0.538. The molecule has 15 heavy (non-hydrogen) atoms. The van der Waals surface area contributed by atoms with Crippen LogP contribution in [0.2, 0.25) is 0 Å². The van der Waals surface area contributed by atoms with Gasteiger partial charge in [-0.1, -0.05) is 38.8 Å². The number of ether oxygens (including phenoxy) is 1. The first-order valence-corrected chi connectivity index (χ1v) is 5.79. The van der Waals surface area contributed by atoms with Crippen molar-refractivity contribution in [1.82, 2.24) is 0 Å². The zero-order chi connectivity index (χ0) is 11.1. The van der Waals surface area contributed by atoms with Crippen LogP contribution in [-0.4, -0.2) is 6.10 Å². The van der Waals surface area contributed by atoms with Crippen molar-refractivity contribution in [2.75, 3.05) is 5.73 Å². The average Bonchev–Trinajstić information content (AvgIpc) is 2.26. The Labute approximate surface area is 92.4 Å². The van der Waals surface area contributed by atoms with E-state index in [0.717, 1.165) is 24.3 Å². The van der Waals surface area contributed by atoms with Crippen LogP contribution in [0.3, 0.4) is 0 Å². The summed E-state index contributed by atoms with van der Waals surface area (Å²) in [7, 11) is 0. The van der Waals surface area contributed by atoms with Crippen LogP contribution in [0.4, 0.5) is 5.69 Å². The summed E-state index contributed by atoms with van der Waals surface area (Å²) in [6.45, 7) is 4.35. The molecule has 0 unspecified atom stereocenters. The molecule has 84 valence electrons. The lowest BCUT2D eigenvalue weighted by atomic mass is 10.1. The van der Waals surface area contributed by atoms with E-state index in [9.17, 15) is 0 Å². The van der Waals surface area contributed by atoms with Gasteiger partial charge in [0, 0.05) is 0 Å². The summed E-state index contributed by atoms with van der Waals surface area (Å²) in [5.74, 6) is 0.820. The SMILES string of the molecule is CCCC[C@H](CC)Oc1ccccc1N. The van der Waals surface area contributed by atoms with Crippen molar-refractivity contribution in [2.45, 2.75) is 45.6 Å². The summed E-state index contributed by atoms with van der Waals surface area (Å²) in [6, 6.07) is 7.69. The van der Waals surface area contributed by atoms with E-state index in [-0.39, 0.29) is 0 Å². The molecule has 0 bridgehead atoms. The molecule has 0 heterocycles. The van der Waals surface area contributed by atoms with E-state index < -0.39 is 0 Å². The molecule has 0 aliphatic rings. The molecule has 2 nitrogen and oxygen atoms in total. The van der Waals surface area contributed by atoms with Crippen molar-refractivity contribution in [2.24, 2.45) is 0 Å². The zero-order valence-electron chi connectivity index (χ0n) is 9.70. The van der Waals surface area contributed by atoms with E-state index in [1.54, 1.807) is 0 Å². The molecule has 0 aromatic heterocycles. The Morgan fingerprint density at radius 3 is 2.60 bits per heavy atom. The van der Waals surface area contributed by atoms with Gasteiger partial charge in [0.25, 0.3) is 0 Å². The fourth-order valence-electron chi connectivity index (χ4n) is 1.55. The number of hydrogen-bond acceptors (Lipinski definition) is 2. The maximum Gasteiger partial charge on any atom is 0.142 e. The predicted molar refractivity (Wildman–Crippen MR) is 65.1 cm³/mol. The topological polar surface area (TPSA) is 35.2 Å². The third-order valence-corrected chi connectivity index (χ3v) is 2.55. The lowest BCUT2D eigenvalue weighted by molar-refractivity contribution is 0.184. The summed E-state index contributed by atoms with van der Waals surface area (Å²) in [4.78, 5) is 0. The van der Waals surface area contributed by atoms with Gasteiger partial charge in [-0.15, -0.1) is 0 Å². The van der Waals surface area contributed by atoms with Crippen LogP contribution in [0, 0.1) is 0 Å². The van der Waals surface area contributed by atoms with Crippen LogP contribution < -0.4 is 10.5 Å². The second kappa shape index (κ2) is 6.33. The molecule has 0 fully saturated rings. The van der Waals surface area contributed by atoms with Crippen molar-refractivity contribution in [3.05, 3.63) is 24.3 Å². The molecular weight excluding hydrogens is 186 g/mol. The first-order chi connectivity index (χ1) is 7.27. The van der Waals surface area contributed by atoms with Gasteiger partial charge in [0.2, 0.25) is 0 Å². The second-order valence-corrected chi connectivity index (χ2v) is 3.83. The predicted octanol–water partition coefficient (Wildman–Crippen LogP) is 3.62. The van der Waals surface area contributed by atoms with Gasteiger partial charge in [0.05, 0.1) is 11.8 Å². The third-order valence-electron chi connectivity index (χ3n) is 2.55. The molecular formula is C13H21NO. The number of benzene rings is 1. The summed E-state index contributed by atoms with van der Waals surface area (Å²) in [5.41, 5.74) is 6.56. The normalized spacial score (nSPS) is 12.4. The fourth-order valence-corrected chi connectivity index (χ4v) is 1.55. The van der Waals surface area contributed by atoms with Gasteiger partial charge in [-0.3, -0.25) is 0 Å². The number of hydrogen-bond donors (Lipinski definition) is 1. The molecule has 2 heteroatoms. The summed E-state index contributed by atoms with van der Waals surface area (Å²) in [6.07, 6.45) is 4.88. The highest BCUT2D eigenvalue weighted by atomic mass is 16.5. The van der Waals surface area contributed by atoms with E-state index in [4.69, 9.17) is 10.5 Å². The Hall–Kier alpha value is -1.18. The number of unbranched alkanes of at least 4 members (excludes halogenated alkanes) is 1. The maximum atomic E-state index is 5.87. The standard InChI is InChI=1S/C13H21NO/c1-3-5-8-11(4-2)15-13-10-7-6-9-12(13)14/h6-7,9-11H,3-5,8,14H2,1-2H3/t11-/m0/s1. The Kier molecular flexibility index (Phi) is 5.02. The van der Waals surface area contributed by atoms with Crippen molar-refractivity contribution in [1.29, 1.82) is 0 Å². The Morgan fingerprint density at radius 1 is 1.27 bits per heavy atom. The summed E-state index contributed by atoms with van der Waals surface area (Å²) < 4.78 is 5.87. The van der Waals surface area contributed by atoms with Crippen LogP contribution in [0.1, 0.15) is 39.5 Å². The highest BCUT2D eigenvalue weighted by Gasteiger charge is 2.08. The molecule has 0 amide bonds. The summed E-state index contributed by atoms with van der Waals surface area (Å²) in [5, 5.41) is 0. The van der Waals surface area contributed by atoms with E-state index in [1.165, 1.54) is 12.8 Å². The molecule has 1 aromatic carbocycles. The zero-order valence-corrected chi connectivity index (χ0v) is 9.70. The first-order valence-electron chi connectivity index (χ1n) is 5.79. The van der Waals surface area contributed by atoms with Crippen LogP contribution in [0.15, 0.2) is 24.3 Å². The Bertz CT molecular complexity index is 286. The molecule has 1 aromatic rings. The monoisotopic (exact) mass is 207 g/mol. The van der Waals surface area contributed by atoms with Gasteiger partial charge in [-0.25, -0.2) is 0 Å². The minimum absolute atomic E-state index is 0.301. The van der Waals surface area contributed by atoms with Crippen LogP contribution in [0.5, 0.6) is 5.75 Å². The van der Waals surface area contributed by atoms with Gasteiger partial charge >= 0.3 is 0 Å². The summed E-state index contributed by atoms with van der Waals surface area (Å²) >= 11 is 0. The van der Waals surface area contributed by atoms with Crippen LogP contribution in [-0.2, 0) is 0 Å². The van der Waals surface area contributed by atoms with Gasteiger partial charge in [-0.05, 0) is 25.0 Å². The number of para-hydroxylation sites is 2. The Morgan fingerprint density at radius 2 is 2.00 bits per heavy atom. The van der Waals surface area contributed by atoms with Crippen molar-refractivity contribution >= 4 is 5.69 Å². The number of anilines is 1. The van der Waals surface area contributed by atoms with Crippen LogP contribution in [0.25, 0.3) is 0 Å². The highest BCUT2D eigenvalue weighted by molar-refractivity contribution is 5.51. The van der Waals surface area contributed by atoms with Gasteiger partial charge in [0.15, 0.2) is 0 Å². The number of rotatable bonds is 6. The second-order valence-electron chi connectivity index (χ2n) is 3.83. The minimum Gasteiger partial charge on any atom is -0.488 e. The highest BCUT2D eigenvalue weighted by Crippen LogP contribution is 2.23. The molecule has 2 N–H and O–H groups in total. The van der Waals surface area contributed by atoms with E-state index in [1.807, 2.05) is 24.3 Å². The first kappa shape index (κ1) is 11.9. The molecule has 0 spiro atoms. The van der Waals surface area contributed by atoms with E-state index in [2.05, 4.69) is 13.8 Å². The molecule has 0 radical (unpaired) electrons. The molecule has 0 aliphatic heterocycles. The average molecular weight is 207 g/mol. The van der Waals surface area contributed by atoms with E-state index in [0.29, 0.717) is 6.10 Å². The number of nitrogens with two attached hydrogens (primary N) is 1. The van der Waals surface area contributed by atoms with E-state index >= 15 is 0 Å². The van der Waals surface area contributed by atoms with Gasteiger partial charge in [-0.2, -0.15) is 0 Å². The van der Waals surface area contributed by atoms with Gasteiger partial charge in [0.1, 0.15) is 5.75 Å². The van der Waals surface area contributed by atoms with Gasteiger partial charge < -0.3 is 10.5 Å². The smallest absolute Gasteiger partial charge is 0.142 e. The molecule has 0 saturated carbocycles. The van der Waals surface area contributed by atoms with Crippen molar-refractivity contribution < 1.29 is 4.74 Å². The maximum absolute atomic E-state index is 5.87. The molecule has 1 rings (SSSR count). The van der Waals surface area contributed by atoms with Crippen LogP contribution >= 0.6 is 0 Å². The van der Waals surface area contributed by atoms with Crippen molar-refractivity contribution in [3.8, 4) is 5.75 Å². The lowest BCUT2D eigenvalue weighted by Crippen LogP contribution is -2.15. The Balaban J connectivity index is 2.54.